The number of nitro groups is 1. The second kappa shape index (κ2) is 13.7. The fourth-order valence-electron chi connectivity index (χ4n) is 4.70. The Bertz CT molecular complexity index is 1140. The molecule has 204 valence electrons. The lowest BCUT2D eigenvalue weighted by molar-refractivity contribution is -0.384. The molecule has 2 aromatic rings. The third-order valence-electron chi connectivity index (χ3n) is 6.85. The molecule has 2 aromatic carbocycles. The standard InChI is InChI=1S/C29H37N3O6/c1-4-6-17-30(18-7-5-2)19-8-20-31-26(21-9-13-23(14-10-21)32(36)37)25(28(34)29(31)35)27(33)22-11-15-24(38-3)16-12-22/h9-16,26,33H,4-8,17-20H2,1-3H3/b27-25-. The van der Waals surface area contributed by atoms with Crippen molar-refractivity contribution in [3.05, 3.63) is 75.3 Å². The van der Waals surface area contributed by atoms with Crippen molar-refractivity contribution in [2.45, 2.75) is 52.0 Å². The lowest BCUT2D eigenvalue weighted by Crippen LogP contribution is -2.34. The minimum absolute atomic E-state index is 0.0251. The number of likely N-dealkylation sites (tertiary alicyclic amines) is 1. The molecule has 1 aliphatic rings. The fourth-order valence-corrected chi connectivity index (χ4v) is 4.70. The molecule has 0 aromatic heterocycles. The van der Waals surface area contributed by atoms with Crippen LogP contribution in [-0.2, 0) is 9.59 Å². The summed E-state index contributed by atoms with van der Waals surface area (Å²) in [6.07, 6.45) is 5.05. The van der Waals surface area contributed by atoms with E-state index in [1.807, 2.05) is 0 Å². The Morgan fingerprint density at radius 1 is 0.974 bits per heavy atom. The van der Waals surface area contributed by atoms with Crippen LogP contribution in [0.2, 0.25) is 0 Å². The third-order valence-corrected chi connectivity index (χ3v) is 6.85. The van der Waals surface area contributed by atoms with Crippen molar-refractivity contribution in [2.24, 2.45) is 0 Å². The number of aliphatic hydroxyl groups is 1. The molecule has 1 aliphatic heterocycles. The van der Waals surface area contributed by atoms with Gasteiger partial charge in [-0.25, -0.2) is 0 Å². The monoisotopic (exact) mass is 523 g/mol. The van der Waals surface area contributed by atoms with E-state index in [0.717, 1.165) is 45.3 Å². The molecule has 0 spiro atoms. The maximum atomic E-state index is 13.2. The number of methoxy groups -OCH3 is 1. The van der Waals surface area contributed by atoms with Gasteiger partial charge in [-0.3, -0.25) is 19.7 Å². The summed E-state index contributed by atoms with van der Waals surface area (Å²) in [5.41, 5.74) is 0.783. The van der Waals surface area contributed by atoms with Crippen LogP contribution in [0.3, 0.4) is 0 Å². The Hall–Kier alpha value is -3.72. The summed E-state index contributed by atoms with van der Waals surface area (Å²) in [6.45, 7) is 7.39. The molecule has 0 saturated carbocycles. The lowest BCUT2D eigenvalue weighted by atomic mass is 9.95. The number of nitro benzene ring substituents is 1. The first-order chi connectivity index (χ1) is 18.3. The molecule has 9 nitrogen and oxygen atoms in total. The number of non-ortho nitro benzene ring substituents is 1. The van der Waals surface area contributed by atoms with Crippen molar-refractivity contribution < 1.29 is 24.4 Å². The van der Waals surface area contributed by atoms with E-state index in [-0.39, 0.29) is 17.0 Å². The van der Waals surface area contributed by atoms with Crippen LogP contribution in [0.4, 0.5) is 5.69 Å². The average molecular weight is 524 g/mol. The Labute approximate surface area is 223 Å². The normalized spacial score (nSPS) is 16.8. The van der Waals surface area contributed by atoms with Crippen LogP contribution in [0.1, 0.15) is 63.1 Å². The summed E-state index contributed by atoms with van der Waals surface area (Å²) >= 11 is 0. The van der Waals surface area contributed by atoms with E-state index in [4.69, 9.17) is 4.74 Å². The van der Waals surface area contributed by atoms with E-state index >= 15 is 0 Å². The highest BCUT2D eigenvalue weighted by Crippen LogP contribution is 2.40. The van der Waals surface area contributed by atoms with Gasteiger partial charge in [-0.2, -0.15) is 0 Å². The highest BCUT2D eigenvalue weighted by Gasteiger charge is 2.45. The molecule has 1 atom stereocenters. The lowest BCUT2D eigenvalue weighted by Gasteiger charge is -2.27. The number of rotatable bonds is 14. The first kappa shape index (κ1) is 28.8. The SMILES string of the molecule is CCCCN(CCCC)CCCN1C(=O)C(=O)/C(=C(\O)c2ccc(OC)cc2)C1c1ccc([N+](=O)[O-])cc1. The number of hydrogen-bond acceptors (Lipinski definition) is 7. The summed E-state index contributed by atoms with van der Waals surface area (Å²) in [5, 5.41) is 22.4. The highest BCUT2D eigenvalue weighted by molar-refractivity contribution is 6.46. The Morgan fingerprint density at radius 3 is 2.08 bits per heavy atom. The van der Waals surface area contributed by atoms with Gasteiger partial charge >= 0.3 is 0 Å². The Morgan fingerprint density at radius 2 is 1.55 bits per heavy atom. The van der Waals surface area contributed by atoms with E-state index in [1.165, 1.54) is 36.3 Å². The van der Waals surface area contributed by atoms with Gasteiger partial charge in [0.25, 0.3) is 17.4 Å². The smallest absolute Gasteiger partial charge is 0.295 e. The maximum absolute atomic E-state index is 13.2. The quantitative estimate of drug-likeness (QED) is 0.117. The summed E-state index contributed by atoms with van der Waals surface area (Å²) in [4.78, 5) is 41.0. The number of nitrogens with zero attached hydrogens (tertiary/aromatic N) is 3. The van der Waals surface area contributed by atoms with Crippen molar-refractivity contribution in [3.63, 3.8) is 0 Å². The van der Waals surface area contributed by atoms with Crippen LogP contribution in [0, 0.1) is 10.1 Å². The number of hydrogen-bond donors (Lipinski definition) is 1. The molecular weight excluding hydrogens is 486 g/mol. The number of carbonyl (C=O) groups excluding carboxylic acids is 2. The Balaban J connectivity index is 1.94. The van der Waals surface area contributed by atoms with Gasteiger partial charge in [0.15, 0.2) is 0 Å². The van der Waals surface area contributed by atoms with Crippen LogP contribution >= 0.6 is 0 Å². The fraction of sp³-hybridized carbons (Fsp3) is 0.448. The second-order valence-corrected chi connectivity index (χ2v) is 9.47. The Kier molecular flexibility index (Phi) is 10.4. The summed E-state index contributed by atoms with van der Waals surface area (Å²) in [6, 6.07) is 11.5. The first-order valence-corrected chi connectivity index (χ1v) is 13.2. The van der Waals surface area contributed by atoms with Crippen molar-refractivity contribution in [1.29, 1.82) is 0 Å². The van der Waals surface area contributed by atoms with Crippen LogP contribution in [-0.4, -0.2) is 64.8 Å². The topological polar surface area (TPSA) is 113 Å². The van der Waals surface area contributed by atoms with Gasteiger partial charge in [0.1, 0.15) is 11.5 Å². The van der Waals surface area contributed by atoms with Crippen LogP contribution in [0.15, 0.2) is 54.1 Å². The molecule has 1 N–H and O–H groups in total. The van der Waals surface area contributed by atoms with Gasteiger partial charge in [-0.1, -0.05) is 26.7 Å². The largest absolute Gasteiger partial charge is 0.507 e. The number of benzene rings is 2. The predicted octanol–water partition coefficient (Wildman–Crippen LogP) is 5.32. The molecule has 1 fully saturated rings. The van der Waals surface area contributed by atoms with Gasteiger partial charge in [-0.05, 0) is 80.9 Å². The van der Waals surface area contributed by atoms with Crippen LogP contribution < -0.4 is 4.74 Å². The molecule has 38 heavy (non-hydrogen) atoms. The van der Waals surface area contributed by atoms with E-state index in [9.17, 15) is 24.8 Å². The summed E-state index contributed by atoms with van der Waals surface area (Å²) in [5.74, 6) is -1.15. The zero-order valence-corrected chi connectivity index (χ0v) is 22.4. The molecule has 1 heterocycles. The van der Waals surface area contributed by atoms with Crippen molar-refractivity contribution in [2.75, 3.05) is 33.3 Å². The molecule has 9 heteroatoms. The summed E-state index contributed by atoms with van der Waals surface area (Å²) in [7, 11) is 1.53. The maximum Gasteiger partial charge on any atom is 0.295 e. The zero-order chi connectivity index (χ0) is 27.7. The third kappa shape index (κ3) is 6.77. The second-order valence-electron chi connectivity index (χ2n) is 9.47. The number of unbranched alkanes of at least 4 members (excludes halogenated alkanes) is 2. The minimum atomic E-state index is -0.849. The summed E-state index contributed by atoms with van der Waals surface area (Å²) < 4.78 is 5.18. The van der Waals surface area contributed by atoms with Gasteiger partial charge in [0.2, 0.25) is 0 Å². The number of carbonyl (C=O) groups is 2. The van der Waals surface area contributed by atoms with Crippen molar-refractivity contribution in [3.8, 4) is 5.75 Å². The molecule has 3 rings (SSSR count). The van der Waals surface area contributed by atoms with E-state index in [2.05, 4.69) is 18.7 Å². The van der Waals surface area contributed by atoms with Gasteiger partial charge < -0.3 is 19.6 Å². The minimum Gasteiger partial charge on any atom is -0.507 e. The van der Waals surface area contributed by atoms with Crippen LogP contribution in [0.5, 0.6) is 5.75 Å². The van der Waals surface area contributed by atoms with E-state index < -0.39 is 22.7 Å². The molecule has 1 saturated heterocycles. The average Bonchev–Trinajstić information content (AvgIpc) is 3.18. The van der Waals surface area contributed by atoms with Gasteiger partial charge in [0, 0.05) is 24.2 Å². The number of ketones is 1. The van der Waals surface area contributed by atoms with Crippen molar-refractivity contribution >= 4 is 23.1 Å². The molecule has 0 bridgehead atoms. The van der Waals surface area contributed by atoms with E-state index in [1.54, 1.807) is 24.3 Å². The molecule has 0 radical (unpaired) electrons. The number of amides is 1. The molecule has 0 aliphatic carbocycles. The van der Waals surface area contributed by atoms with Crippen molar-refractivity contribution in [1.82, 2.24) is 9.80 Å². The molecule has 1 unspecified atom stereocenters. The van der Waals surface area contributed by atoms with Gasteiger partial charge in [0.05, 0.1) is 23.6 Å². The molecular formula is C29H37N3O6. The number of ether oxygens (including phenoxy) is 1. The number of Topliss-reactive ketones (excluding diaryl/α,β-unsaturated/α-hetero) is 1. The number of aliphatic hydroxyl groups excluding tert-OH is 1. The highest BCUT2D eigenvalue weighted by atomic mass is 16.6. The predicted molar refractivity (Wildman–Crippen MR) is 146 cm³/mol. The van der Waals surface area contributed by atoms with Crippen LogP contribution in [0.25, 0.3) is 5.76 Å². The van der Waals surface area contributed by atoms with Gasteiger partial charge in [-0.15, -0.1) is 0 Å². The first-order valence-electron chi connectivity index (χ1n) is 13.2. The van der Waals surface area contributed by atoms with E-state index in [0.29, 0.717) is 29.8 Å². The zero-order valence-electron chi connectivity index (χ0n) is 22.4. The molecule has 1 amide bonds.